The van der Waals surface area contributed by atoms with E-state index in [1.54, 1.807) is 12.4 Å². The molecule has 0 fully saturated rings. The molecule has 168 valence electrons. The fourth-order valence-corrected chi connectivity index (χ4v) is 4.08. The number of benzene rings is 2. The monoisotopic (exact) mass is 459 g/mol. The number of pyridine rings is 1. The molecule has 2 aromatic heterocycles. The molecule has 1 amide bonds. The minimum atomic E-state index is -0.0996. The van der Waals surface area contributed by atoms with Crippen LogP contribution in [-0.2, 0) is 11.2 Å². The molecule has 4 rings (SSSR count). The minimum Gasteiger partial charge on any atom is -0.494 e. The molecule has 4 aromatic rings. The molecule has 0 bridgehead atoms. The van der Waals surface area contributed by atoms with Crippen LogP contribution in [0.2, 0.25) is 0 Å². The molecule has 0 spiro atoms. The Morgan fingerprint density at radius 3 is 2.64 bits per heavy atom. The lowest BCUT2D eigenvalue weighted by Gasteiger charge is -2.11. The first kappa shape index (κ1) is 22.5. The van der Waals surface area contributed by atoms with Gasteiger partial charge >= 0.3 is 0 Å². The van der Waals surface area contributed by atoms with Gasteiger partial charge in [-0.3, -0.25) is 14.3 Å². The average Bonchev–Trinajstić information content (AvgIpc) is 3.28. The van der Waals surface area contributed by atoms with Crippen molar-refractivity contribution in [2.45, 2.75) is 25.4 Å². The second-order valence-electron chi connectivity index (χ2n) is 7.20. The molecule has 0 aliphatic rings. The predicted octanol–water partition coefficient (Wildman–Crippen LogP) is 5.02. The first-order chi connectivity index (χ1) is 16.2. The smallest absolute Gasteiger partial charge is 0.234 e. The van der Waals surface area contributed by atoms with E-state index in [1.807, 2.05) is 72.2 Å². The Balaban J connectivity index is 1.57. The van der Waals surface area contributed by atoms with E-state index in [1.165, 1.54) is 17.3 Å². The van der Waals surface area contributed by atoms with Crippen LogP contribution in [0.15, 0.2) is 78.2 Å². The van der Waals surface area contributed by atoms with Crippen LogP contribution in [0.25, 0.3) is 17.1 Å². The topological polar surface area (TPSA) is 81.9 Å². The van der Waals surface area contributed by atoms with Gasteiger partial charge in [-0.05, 0) is 67.4 Å². The van der Waals surface area contributed by atoms with Gasteiger partial charge in [-0.1, -0.05) is 30.8 Å². The van der Waals surface area contributed by atoms with E-state index in [0.717, 1.165) is 29.1 Å². The van der Waals surface area contributed by atoms with Crippen molar-refractivity contribution in [3.8, 4) is 22.8 Å². The average molecular weight is 460 g/mol. The number of rotatable bonds is 9. The maximum absolute atomic E-state index is 12.6. The van der Waals surface area contributed by atoms with Gasteiger partial charge in [0.2, 0.25) is 5.91 Å². The Morgan fingerprint density at radius 1 is 1.06 bits per heavy atom. The number of hydrogen-bond donors (Lipinski definition) is 1. The zero-order valence-corrected chi connectivity index (χ0v) is 19.4. The van der Waals surface area contributed by atoms with Crippen LogP contribution in [0.4, 0.5) is 5.69 Å². The van der Waals surface area contributed by atoms with E-state index >= 15 is 0 Å². The summed E-state index contributed by atoms with van der Waals surface area (Å²) in [5.41, 5.74) is 3.69. The summed E-state index contributed by atoms with van der Waals surface area (Å²) < 4.78 is 7.50. The van der Waals surface area contributed by atoms with Gasteiger partial charge in [0.25, 0.3) is 0 Å². The molecule has 0 atom stereocenters. The number of thioether (sulfide) groups is 1. The molecular weight excluding hydrogens is 434 g/mol. The van der Waals surface area contributed by atoms with Crippen LogP contribution in [-0.4, -0.2) is 38.0 Å². The van der Waals surface area contributed by atoms with Gasteiger partial charge < -0.3 is 10.1 Å². The first-order valence-electron chi connectivity index (χ1n) is 10.8. The summed E-state index contributed by atoms with van der Waals surface area (Å²) in [6.45, 7) is 4.64. The molecule has 0 unspecified atom stereocenters. The Hall–Kier alpha value is -3.65. The van der Waals surface area contributed by atoms with Crippen molar-refractivity contribution >= 4 is 23.4 Å². The second kappa shape index (κ2) is 10.8. The largest absolute Gasteiger partial charge is 0.494 e. The van der Waals surface area contributed by atoms with E-state index in [-0.39, 0.29) is 11.7 Å². The molecule has 0 radical (unpaired) electrons. The molecule has 33 heavy (non-hydrogen) atoms. The van der Waals surface area contributed by atoms with Crippen molar-refractivity contribution in [3.05, 3.63) is 78.6 Å². The number of carbonyl (C=O) groups is 1. The molecule has 0 aliphatic carbocycles. The lowest BCUT2D eigenvalue weighted by Crippen LogP contribution is -2.14. The van der Waals surface area contributed by atoms with Crippen molar-refractivity contribution < 1.29 is 9.53 Å². The summed E-state index contributed by atoms with van der Waals surface area (Å²) in [6.07, 6.45) is 4.38. The number of aromatic nitrogens is 4. The van der Waals surface area contributed by atoms with Crippen LogP contribution in [0.1, 0.15) is 19.4 Å². The summed E-state index contributed by atoms with van der Waals surface area (Å²) in [5, 5.41) is 12.3. The number of aryl methyl sites for hydroxylation is 1. The molecule has 2 aromatic carbocycles. The third-order valence-electron chi connectivity index (χ3n) is 4.91. The number of amides is 1. The van der Waals surface area contributed by atoms with Gasteiger partial charge in [-0.15, -0.1) is 10.2 Å². The Morgan fingerprint density at radius 2 is 1.91 bits per heavy atom. The SMILES string of the molecule is CCOc1ccc(-n2c(SCC(=O)Nc3cccc(CC)c3)nnc2-c2cccnc2)cc1. The molecule has 8 heteroatoms. The van der Waals surface area contributed by atoms with Gasteiger partial charge in [-0.2, -0.15) is 0 Å². The first-order valence-corrected chi connectivity index (χ1v) is 11.8. The Kier molecular flexibility index (Phi) is 7.36. The zero-order chi connectivity index (χ0) is 23.0. The normalized spacial score (nSPS) is 10.7. The highest BCUT2D eigenvalue weighted by Gasteiger charge is 2.17. The molecular formula is C25H25N5O2S. The van der Waals surface area contributed by atoms with E-state index in [2.05, 4.69) is 27.4 Å². The second-order valence-corrected chi connectivity index (χ2v) is 8.14. The van der Waals surface area contributed by atoms with Crippen molar-refractivity contribution in [1.82, 2.24) is 19.7 Å². The maximum atomic E-state index is 12.6. The minimum absolute atomic E-state index is 0.0996. The Labute approximate surface area is 197 Å². The molecule has 7 nitrogen and oxygen atoms in total. The third kappa shape index (κ3) is 5.59. The van der Waals surface area contributed by atoms with Gasteiger partial charge in [0.1, 0.15) is 5.75 Å². The van der Waals surface area contributed by atoms with Crippen molar-refractivity contribution in [1.29, 1.82) is 0 Å². The molecule has 1 N–H and O–H groups in total. The van der Waals surface area contributed by atoms with Crippen LogP contribution in [0, 0.1) is 0 Å². The number of hydrogen-bond acceptors (Lipinski definition) is 6. The number of anilines is 1. The maximum Gasteiger partial charge on any atom is 0.234 e. The Bertz CT molecular complexity index is 1210. The van der Waals surface area contributed by atoms with Gasteiger partial charge in [-0.25, -0.2) is 0 Å². The van der Waals surface area contributed by atoms with Crippen molar-refractivity contribution in [2.24, 2.45) is 0 Å². The van der Waals surface area contributed by atoms with Crippen LogP contribution < -0.4 is 10.1 Å². The standard InChI is InChI=1S/C25H25N5O2S/c1-3-18-7-5-9-20(15-18)27-23(31)17-33-25-29-28-24(19-8-6-14-26-16-19)30(25)21-10-12-22(13-11-21)32-4-2/h5-16H,3-4,17H2,1-2H3,(H,27,31). The molecule has 0 saturated carbocycles. The van der Waals surface area contributed by atoms with Crippen LogP contribution >= 0.6 is 11.8 Å². The van der Waals surface area contributed by atoms with E-state index < -0.39 is 0 Å². The fraction of sp³-hybridized carbons (Fsp3) is 0.200. The highest BCUT2D eigenvalue weighted by molar-refractivity contribution is 7.99. The quantitative estimate of drug-likeness (QED) is 0.354. The summed E-state index contributed by atoms with van der Waals surface area (Å²) in [6, 6.07) is 19.4. The summed E-state index contributed by atoms with van der Waals surface area (Å²) in [7, 11) is 0. The predicted molar refractivity (Wildman–Crippen MR) is 131 cm³/mol. The number of nitrogens with zero attached hydrogens (tertiary/aromatic N) is 4. The number of nitrogens with one attached hydrogen (secondary N) is 1. The summed E-state index contributed by atoms with van der Waals surface area (Å²) >= 11 is 1.33. The van der Waals surface area contributed by atoms with E-state index in [9.17, 15) is 4.79 Å². The van der Waals surface area contributed by atoms with Gasteiger partial charge in [0.05, 0.1) is 12.4 Å². The third-order valence-corrected chi connectivity index (χ3v) is 5.84. The molecule has 0 saturated heterocycles. The zero-order valence-electron chi connectivity index (χ0n) is 18.6. The summed E-state index contributed by atoms with van der Waals surface area (Å²) in [4.78, 5) is 16.8. The van der Waals surface area contributed by atoms with E-state index in [4.69, 9.17) is 4.74 Å². The van der Waals surface area contributed by atoms with Crippen LogP contribution in [0.5, 0.6) is 5.75 Å². The lowest BCUT2D eigenvalue weighted by molar-refractivity contribution is -0.113. The van der Waals surface area contributed by atoms with Crippen LogP contribution in [0.3, 0.4) is 0 Å². The molecule has 2 heterocycles. The van der Waals surface area contributed by atoms with E-state index in [0.29, 0.717) is 17.6 Å². The number of carbonyl (C=O) groups excluding carboxylic acids is 1. The summed E-state index contributed by atoms with van der Waals surface area (Å²) in [5.74, 6) is 1.56. The lowest BCUT2D eigenvalue weighted by atomic mass is 10.1. The number of ether oxygens (including phenoxy) is 1. The van der Waals surface area contributed by atoms with Crippen molar-refractivity contribution in [3.63, 3.8) is 0 Å². The highest BCUT2D eigenvalue weighted by atomic mass is 32.2. The highest BCUT2D eigenvalue weighted by Crippen LogP contribution is 2.28. The van der Waals surface area contributed by atoms with Gasteiger partial charge in [0, 0.05) is 29.3 Å². The molecule has 0 aliphatic heterocycles. The fourth-order valence-electron chi connectivity index (χ4n) is 3.33. The van der Waals surface area contributed by atoms with Crippen molar-refractivity contribution in [2.75, 3.05) is 17.7 Å². The van der Waals surface area contributed by atoms with Gasteiger partial charge in [0.15, 0.2) is 11.0 Å².